The molecule has 2 aliphatic heterocycles. The average Bonchev–Trinajstić information content (AvgIpc) is 2.64. The van der Waals surface area contributed by atoms with Crippen molar-refractivity contribution >= 4 is 0 Å². The first-order valence-electron chi connectivity index (χ1n) is 10.1. The lowest BCUT2D eigenvalue weighted by Crippen LogP contribution is -2.60. The number of rotatable bonds is 3. The molecule has 0 amide bonds. The number of methoxy groups -OCH3 is 3. The number of hydrogen-bond acceptors (Lipinski definition) is 5. The van der Waals surface area contributed by atoms with E-state index in [9.17, 15) is 5.11 Å². The summed E-state index contributed by atoms with van der Waals surface area (Å²) in [5.41, 5.74) is 0. The molecule has 0 aromatic heterocycles. The van der Waals surface area contributed by atoms with Gasteiger partial charge < -0.3 is 19.3 Å². The number of nitrogens with zero attached hydrogens (tertiary/aromatic N) is 1. The Kier molecular flexibility index (Phi) is 5.40. The first-order chi connectivity index (χ1) is 12.1. The second kappa shape index (κ2) is 7.43. The molecule has 4 rings (SSSR count). The van der Waals surface area contributed by atoms with Crippen LogP contribution in [0.5, 0.6) is 0 Å². The third kappa shape index (κ3) is 3.27. The average molecular weight is 354 g/mol. The Bertz CT molecular complexity index is 461. The maximum atomic E-state index is 10.3. The van der Waals surface area contributed by atoms with Crippen molar-refractivity contribution in [2.45, 2.75) is 69.0 Å². The minimum absolute atomic E-state index is 0.0230. The summed E-state index contributed by atoms with van der Waals surface area (Å²) >= 11 is 0. The first-order valence-corrected chi connectivity index (χ1v) is 10.1. The van der Waals surface area contributed by atoms with Crippen molar-refractivity contribution in [2.24, 2.45) is 23.7 Å². The minimum atomic E-state index is -0.274. The summed E-state index contributed by atoms with van der Waals surface area (Å²) in [6, 6.07) is 0.668. The van der Waals surface area contributed by atoms with Gasteiger partial charge >= 0.3 is 0 Å². The van der Waals surface area contributed by atoms with E-state index >= 15 is 0 Å². The lowest BCUT2D eigenvalue weighted by atomic mass is 9.62. The van der Waals surface area contributed by atoms with Crippen LogP contribution in [0.15, 0.2) is 0 Å². The quantitative estimate of drug-likeness (QED) is 0.840. The van der Waals surface area contributed by atoms with E-state index in [4.69, 9.17) is 14.2 Å². The predicted molar refractivity (Wildman–Crippen MR) is 95.4 cm³/mol. The summed E-state index contributed by atoms with van der Waals surface area (Å²) in [5.74, 6) is 2.86. The second-order valence-electron chi connectivity index (χ2n) is 8.86. The van der Waals surface area contributed by atoms with E-state index in [0.717, 1.165) is 37.5 Å². The van der Waals surface area contributed by atoms with Crippen LogP contribution in [-0.2, 0) is 14.2 Å². The van der Waals surface area contributed by atoms with E-state index in [0.29, 0.717) is 17.9 Å². The molecule has 0 bridgehead atoms. The van der Waals surface area contributed by atoms with Crippen LogP contribution < -0.4 is 0 Å². The van der Waals surface area contributed by atoms with Gasteiger partial charge in [-0.15, -0.1) is 0 Å². The Hall–Kier alpha value is -0.200. The lowest BCUT2D eigenvalue weighted by Gasteiger charge is -2.56. The Labute approximate surface area is 152 Å². The second-order valence-corrected chi connectivity index (χ2v) is 8.86. The maximum absolute atomic E-state index is 10.3. The fraction of sp³-hybridized carbons (Fsp3) is 1.00. The molecular formula is C20H35NO4. The molecule has 0 spiro atoms. The van der Waals surface area contributed by atoms with Crippen LogP contribution in [0, 0.1) is 23.7 Å². The number of aliphatic hydroxyl groups is 1. The van der Waals surface area contributed by atoms with Crippen LogP contribution in [0.1, 0.15) is 38.5 Å². The molecule has 0 radical (unpaired) electrons. The van der Waals surface area contributed by atoms with Gasteiger partial charge in [-0.25, -0.2) is 0 Å². The largest absolute Gasteiger partial charge is 0.390 e. The molecule has 4 fully saturated rings. The summed E-state index contributed by atoms with van der Waals surface area (Å²) in [7, 11) is 5.40. The summed E-state index contributed by atoms with van der Waals surface area (Å²) in [6.45, 7) is 2.42. The molecule has 0 aromatic rings. The van der Waals surface area contributed by atoms with Gasteiger partial charge in [-0.2, -0.15) is 0 Å². The zero-order valence-corrected chi connectivity index (χ0v) is 16.0. The number of aliphatic hydroxyl groups excluding tert-OH is 1. The van der Waals surface area contributed by atoms with Crippen molar-refractivity contribution in [1.29, 1.82) is 0 Å². The summed E-state index contributed by atoms with van der Waals surface area (Å²) < 4.78 is 17.1. The van der Waals surface area contributed by atoms with E-state index in [1.54, 1.807) is 7.11 Å². The van der Waals surface area contributed by atoms with Crippen molar-refractivity contribution in [3.63, 3.8) is 0 Å². The highest BCUT2D eigenvalue weighted by molar-refractivity contribution is 5.02. The van der Waals surface area contributed by atoms with Gasteiger partial charge in [0.2, 0.25) is 0 Å². The van der Waals surface area contributed by atoms with Crippen LogP contribution >= 0.6 is 0 Å². The van der Waals surface area contributed by atoms with Gasteiger partial charge in [-0.1, -0.05) is 0 Å². The topological polar surface area (TPSA) is 51.2 Å². The normalized spacial score (nSPS) is 50.6. The molecule has 25 heavy (non-hydrogen) atoms. The molecular weight excluding hydrogens is 318 g/mol. The monoisotopic (exact) mass is 353 g/mol. The maximum Gasteiger partial charge on any atom is 0.0836 e. The van der Waals surface area contributed by atoms with Crippen molar-refractivity contribution in [2.75, 3.05) is 34.4 Å². The highest BCUT2D eigenvalue weighted by atomic mass is 16.5. The van der Waals surface area contributed by atoms with Gasteiger partial charge in [-0.3, -0.25) is 4.90 Å². The SMILES string of the molecule is COC1CC2C(CCN3CC4CC(OC)C(OC)CC4CC23)CC1O. The van der Waals surface area contributed by atoms with Crippen molar-refractivity contribution in [1.82, 2.24) is 4.90 Å². The zero-order chi connectivity index (χ0) is 17.6. The Balaban J connectivity index is 1.48. The van der Waals surface area contributed by atoms with Crippen molar-refractivity contribution < 1.29 is 19.3 Å². The number of fused-ring (bicyclic) bond motifs is 4. The van der Waals surface area contributed by atoms with Crippen molar-refractivity contribution in [3.05, 3.63) is 0 Å². The van der Waals surface area contributed by atoms with Crippen LogP contribution in [0.2, 0.25) is 0 Å². The summed E-state index contributed by atoms with van der Waals surface area (Å²) in [6.07, 6.45) is 6.99. The van der Waals surface area contributed by atoms with Crippen LogP contribution in [0.4, 0.5) is 0 Å². The van der Waals surface area contributed by atoms with Crippen LogP contribution in [0.3, 0.4) is 0 Å². The molecule has 1 N–H and O–H groups in total. The van der Waals surface area contributed by atoms with Crippen LogP contribution in [-0.4, -0.2) is 74.9 Å². The van der Waals surface area contributed by atoms with E-state index < -0.39 is 0 Å². The molecule has 4 aliphatic rings. The predicted octanol–water partition coefficient (Wildman–Crippen LogP) is 1.92. The van der Waals surface area contributed by atoms with E-state index in [1.807, 2.05) is 14.2 Å². The number of ether oxygens (including phenoxy) is 3. The molecule has 2 heterocycles. The highest BCUT2D eigenvalue weighted by Crippen LogP contribution is 2.48. The van der Waals surface area contributed by atoms with Gasteiger partial charge in [0.25, 0.3) is 0 Å². The lowest BCUT2D eigenvalue weighted by molar-refractivity contribution is -0.139. The molecule has 2 aliphatic carbocycles. The zero-order valence-electron chi connectivity index (χ0n) is 16.0. The Morgan fingerprint density at radius 2 is 1.44 bits per heavy atom. The fourth-order valence-corrected chi connectivity index (χ4v) is 6.53. The molecule has 5 nitrogen and oxygen atoms in total. The molecule has 5 heteroatoms. The smallest absolute Gasteiger partial charge is 0.0836 e. The Morgan fingerprint density at radius 3 is 2.12 bits per heavy atom. The minimum Gasteiger partial charge on any atom is -0.390 e. The highest BCUT2D eigenvalue weighted by Gasteiger charge is 2.50. The van der Waals surface area contributed by atoms with Gasteiger partial charge in [0.15, 0.2) is 0 Å². The first kappa shape index (κ1) is 18.2. The van der Waals surface area contributed by atoms with E-state index in [-0.39, 0.29) is 24.4 Å². The van der Waals surface area contributed by atoms with Crippen LogP contribution in [0.25, 0.3) is 0 Å². The van der Waals surface area contributed by atoms with Gasteiger partial charge in [-0.05, 0) is 68.7 Å². The third-order valence-electron chi connectivity index (χ3n) is 7.91. The Morgan fingerprint density at radius 1 is 0.760 bits per heavy atom. The molecule has 2 saturated carbocycles. The third-order valence-corrected chi connectivity index (χ3v) is 7.91. The van der Waals surface area contributed by atoms with E-state index in [1.165, 1.54) is 25.9 Å². The summed E-state index contributed by atoms with van der Waals surface area (Å²) in [4.78, 5) is 2.76. The standard InChI is InChI=1S/C20H35NO4/c1-23-18-10-15-12(7-17(18)22)4-5-21-11-14-9-20(25-3)19(24-2)8-13(14)6-16(15)21/h12-20,22H,4-11H2,1-3H3. The molecule has 144 valence electrons. The van der Waals surface area contributed by atoms with Gasteiger partial charge in [0.1, 0.15) is 0 Å². The molecule has 9 unspecified atom stereocenters. The summed E-state index contributed by atoms with van der Waals surface area (Å²) in [5, 5.41) is 10.3. The number of hydrogen-bond donors (Lipinski definition) is 1. The molecule has 0 aromatic carbocycles. The van der Waals surface area contributed by atoms with Gasteiger partial charge in [0.05, 0.1) is 24.4 Å². The van der Waals surface area contributed by atoms with Crippen molar-refractivity contribution in [3.8, 4) is 0 Å². The number of piperidine rings is 2. The molecule has 9 atom stereocenters. The fourth-order valence-electron chi connectivity index (χ4n) is 6.53. The van der Waals surface area contributed by atoms with E-state index in [2.05, 4.69) is 4.90 Å². The molecule has 2 saturated heterocycles. The van der Waals surface area contributed by atoms with Gasteiger partial charge in [0, 0.05) is 33.9 Å².